The highest BCUT2D eigenvalue weighted by Gasteiger charge is 2.20. The molecule has 4 nitrogen and oxygen atoms in total. The largest absolute Gasteiger partial charge is 0.301 e. The smallest absolute Gasteiger partial charge is 0.240 e. The highest BCUT2D eigenvalue weighted by Crippen LogP contribution is 2.25. The summed E-state index contributed by atoms with van der Waals surface area (Å²) in [6.07, 6.45) is 0. The van der Waals surface area contributed by atoms with Gasteiger partial charge in [0, 0.05) is 12.6 Å². The third-order valence-electron chi connectivity index (χ3n) is 3.52. The third kappa shape index (κ3) is 4.68. The standard InChI is InChI=1S/C16H17Cl2FN2O2S/c1-21(2)16(11-4-3-5-12(19)8-11)10-20-24(22,23)13-6-7-14(17)15(18)9-13/h3-9,16,20H,10H2,1-2H3. The fourth-order valence-electron chi connectivity index (χ4n) is 2.23. The second-order valence-corrected chi connectivity index (χ2v) is 8.04. The van der Waals surface area contributed by atoms with Gasteiger partial charge < -0.3 is 4.90 Å². The van der Waals surface area contributed by atoms with Crippen LogP contribution in [0.4, 0.5) is 4.39 Å². The second-order valence-electron chi connectivity index (χ2n) is 5.46. The number of nitrogens with one attached hydrogen (secondary N) is 1. The van der Waals surface area contributed by atoms with Crippen molar-refractivity contribution in [3.8, 4) is 0 Å². The average molecular weight is 391 g/mol. The Hall–Kier alpha value is -1.18. The molecule has 0 saturated carbocycles. The van der Waals surface area contributed by atoms with Crippen LogP contribution < -0.4 is 4.72 Å². The molecule has 0 saturated heterocycles. The van der Waals surface area contributed by atoms with Crippen molar-refractivity contribution in [2.45, 2.75) is 10.9 Å². The van der Waals surface area contributed by atoms with E-state index < -0.39 is 10.0 Å². The molecule has 0 radical (unpaired) electrons. The molecule has 0 heterocycles. The van der Waals surface area contributed by atoms with E-state index >= 15 is 0 Å². The van der Waals surface area contributed by atoms with Crippen LogP contribution in [0, 0.1) is 5.82 Å². The van der Waals surface area contributed by atoms with Gasteiger partial charge in [0.15, 0.2) is 0 Å². The lowest BCUT2D eigenvalue weighted by atomic mass is 10.1. The average Bonchev–Trinajstić information content (AvgIpc) is 2.49. The van der Waals surface area contributed by atoms with Crippen molar-refractivity contribution < 1.29 is 12.8 Å². The van der Waals surface area contributed by atoms with Crippen LogP contribution in [-0.2, 0) is 10.0 Å². The van der Waals surface area contributed by atoms with Crippen LogP contribution in [0.3, 0.4) is 0 Å². The first-order chi connectivity index (χ1) is 11.2. The SMILES string of the molecule is CN(C)C(CNS(=O)(=O)c1ccc(Cl)c(Cl)c1)c1cccc(F)c1. The zero-order valence-electron chi connectivity index (χ0n) is 13.1. The van der Waals surface area contributed by atoms with Gasteiger partial charge in [-0.2, -0.15) is 0 Å². The molecular weight excluding hydrogens is 374 g/mol. The Balaban J connectivity index is 2.20. The van der Waals surface area contributed by atoms with E-state index in [2.05, 4.69) is 4.72 Å². The maximum absolute atomic E-state index is 13.4. The van der Waals surface area contributed by atoms with Crippen molar-refractivity contribution in [1.82, 2.24) is 9.62 Å². The van der Waals surface area contributed by atoms with Gasteiger partial charge in [0.25, 0.3) is 0 Å². The number of hydrogen-bond donors (Lipinski definition) is 1. The predicted molar refractivity (Wildman–Crippen MR) is 94.5 cm³/mol. The van der Waals surface area contributed by atoms with Crippen molar-refractivity contribution in [2.24, 2.45) is 0 Å². The lowest BCUT2D eigenvalue weighted by molar-refractivity contribution is 0.299. The topological polar surface area (TPSA) is 49.4 Å². The number of hydrogen-bond acceptors (Lipinski definition) is 3. The Bertz CT molecular complexity index is 829. The number of sulfonamides is 1. The van der Waals surface area contributed by atoms with Gasteiger partial charge >= 0.3 is 0 Å². The molecule has 1 N–H and O–H groups in total. The molecule has 0 spiro atoms. The highest BCUT2D eigenvalue weighted by molar-refractivity contribution is 7.89. The summed E-state index contributed by atoms with van der Waals surface area (Å²) in [7, 11) is -0.170. The molecule has 1 unspecified atom stereocenters. The van der Waals surface area contributed by atoms with Gasteiger partial charge in [-0.05, 0) is 50.0 Å². The van der Waals surface area contributed by atoms with Gasteiger partial charge in [0.1, 0.15) is 5.82 Å². The number of halogens is 3. The Kier molecular flexibility index (Phi) is 6.22. The molecule has 2 aromatic rings. The van der Waals surface area contributed by atoms with Gasteiger partial charge in [-0.3, -0.25) is 0 Å². The van der Waals surface area contributed by atoms with Gasteiger partial charge in [-0.25, -0.2) is 17.5 Å². The first kappa shape index (κ1) is 19.1. The maximum Gasteiger partial charge on any atom is 0.240 e. The van der Waals surface area contributed by atoms with Crippen LogP contribution >= 0.6 is 23.2 Å². The number of benzene rings is 2. The van der Waals surface area contributed by atoms with E-state index in [4.69, 9.17) is 23.2 Å². The Morgan fingerprint density at radius 2 is 1.83 bits per heavy atom. The number of rotatable bonds is 6. The van der Waals surface area contributed by atoms with E-state index in [0.29, 0.717) is 5.56 Å². The molecule has 0 amide bonds. The van der Waals surface area contributed by atoms with E-state index in [1.165, 1.54) is 30.3 Å². The van der Waals surface area contributed by atoms with Gasteiger partial charge in [-0.15, -0.1) is 0 Å². The zero-order valence-corrected chi connectivity index (χ0v) is 15.5. The lowest BCUT2D eigenvalue weighted by Crippen LogP contribution is -2.34. The second kappa shape index (κ2) is 7.80. The van der Waals surface area contributed by atoms with Crippen LogP contribution in [0.25, 0.3) is 0 Å². The van der Waals surface area contributed by atoms with Crippen LogP contribution in [0.2, 0.25) is 10.0 Å². The van der Waals surface area contributed by atoms with Crippen LogP contribution in [0.5, 0.6) is 0 Å². The molecule has 0 aromatic heterocycles. The maximum atomic E-state index is 13.4. The Morgan fingerprint density at radius 1 is 1.12 bits per heavy atom. The fourth-order valence-corrected chi connectivity index (χ4v) is 3.66. The molecule has 2 rings (SSSR count). The van der Waals surface area contributed by atoms with E-state index in [1.807, 2.05) is 4.90 Å². The van der Waals surface area contributed by atoms with Crippen LogP contribution in [0.1, 0.15) is 11.6 Å². The molecule has 24 heavy (non-hydrogen) atoms. The van der Waals surface area contributed by atoms with Gasteiger partial charge in [0.05, 0.1) is 14.9 Å². The summed E-state index contributed by atoms with van der Waals surface area (Å²) < 4.78 is 40.8. The minimum atomic E-state index is -3.76. The highest BCUT2D eigenvalue weighted by atomic mass is 35.5. The molecular formula is C16H17Cl2FN2O2S. The molecule has 0 aliphatic heterocycles. The predicted octanol–water partition coefficient (Wildman–Crippen LogP) is 3.71. The monoisotopic (exact) mass is 390 g/mol. The number of likely N-dealkylation sites (N-methyl/N-ethyl adjacent to an activating group) is 1. The van der Waals surface area contributed by atoms with Crippen molar-refractivity contribution in [1.29, 1.82) is 0 Å². The van der Waals surface area contributed by atoms with Crippen molar-refractivity contribution >= 4 is 33.2 Å². The van der Waals surface area contributed by atoms with E-state index in [1.54, 1.807) is 26.2 Å². The van der Waals surface area contributed by atoms with Gasteiger partial charge in [0.2, 0.25) is 10.0 Å². The van der Waals surface area contributed by atoms with Crippen LogP contribution in [-0.4, -0.2) is 34.0 Å². The molecule has 0 bridgehead atoms. The summed E-state index contributed by atoms with van der Waals surface area (Å²) in [5.41, 5.74) is 0.678. The quantitative estimate of drug-likeness (QED) is 0.817. The molecule has 0 fully saturated rings. The van der Waals surface area contributed by atoms with Gasteiger partial charge in [-0.1, -0.05) is 35.3 Å². The first-order valence-corrected chi connectivity index (χ1v) is 9.31. The van der Waals surface area contributed by atoms with Crippen molar-refractivity contribution in [3.63, 3.8) is 0 Å². The summed E-state index contributed by atoms with van der Waals surface area (Å²) in [4.78, 5) is 1.83. The van der Waals surface area contributed by atoms with Crippen molar-refractivity contribution in [3.05, 3.63) is 63.9 Å². The third-order valence-corrected chi connectivity index (χ3v) is 5.69. The Morgan fingerprint density at radius 3 is 2.42 bits per heavy atom. The first-order valence-electron chi connectivity index (χ1n) is 7.07. The van der Waals surface area contributed by atoms with E-state index in [0.717, 1.165) is 0 Å². The Labute approximate surface area is 151 Å². The molecule has 0 aliphatic rings. The fraction of sp³-hybridized carbons (Fsp3) is 0.250. The summed E-state index contributed by atoms with van der Waals surface area (Å²) in [5.74, 6) is -0.369. The van der Waals surface area contributed by atoms with Crippen LogP contribution in [0.15, 0.2) is 47.4 Å². The zero-order chi connectivity index (χ0) is 17.9. The summed E-state index contributed by atoms with van der Waals surface area (Å²) in [6.45, 7) is 0.0824. The normalized spacial score (nSPS) is 13.2. The molecule has 0 aliphatic carbocycles. The number of nitrogens with zero attached hydrogens (tertiary/aromatic N) is 1. The minimum Gasteiger partial charge on any atom is -0.301 e. The summed E-state index contributed by atoms with van der Waals surface area (Å²) in [6, 6.07) is 9.85. The summed E-state index contributed by atoms with van der Waals surface area (Å²) >= 11 is 11.7. The van der Waals surface area contributed by atoms with E-state index in [9.17, 15) is 12.8 Å². The molecule has 2 aromatic carbocycles. The molecule has 8 heteroatoms. The lowest BCUT2D eigenvalue weighted by Gasteiger charge is -2.25. The molecule has 130 valence electrons. The summed E-state index contributed by atoms with van der Waals surface area (Å²) in [5, 5.41) is 0.440. The molecule has 1 atom stereocenters. The van der Waals surface area contributed by atoms with Crippen molar-refractivity contribution in [2.75, 3.05) is 20.6 Å². The van der Waals surface area contributed by atoms with E-state index in [-0.39, 0.29) is 33.3 Å². The minimum absolute atomic E-state index is 0.0219.